The molecular formula is C11H25NO2PS+. The van der Waals surface area contributed by atoms with Gasteiger partial charge in [0, 0.05) is 0 Å². The fraction of sp³-hybridized carbons (Fsp3) is 1.00. The Morgan fingerprint density at radius 1 is 1.31 bits per heavy atom. The van der Waals surface area contributed by atoms with Gasteiger partial charge < -0.3 is 0 Å². The first-order valence-corrected chi connectivity index (χ1v) is 8.47. The number of hydrogen-bond donors (Lipinski definition) is 0. The summed E-state index contributed by atoms with van der Waals surface area (Å²) in [6.07, 6.45) is 0. The Bertz CT molecular complexity index is 215. The topological polar surface area (TPSA) is 29.5 Å². The van der Waals surface area contributed by atoms with Crippen molar-refractivity contribution in [3.63, 3.8) is 0 Å². The third-order valence-corrected chi connectivity index (χ3v) is 5.03. The molecule has 0 saturated carbocycles. The van der Waals surface area contributed by atoms with Crippen molar-refractivity contribution in [2.45, 2.75) is 46.9 Å². The molecule has 0 bridgehead atoms. The lowest BCUT2D eigenvalue weighted by Gasteiger charge is -2.21. The molecule has 16 heavy (non-hydrogen) atoms. The molecule has 0 aliphatic rings. The van der Waals surface area contributed by atoms with Gasteiger partial charge in [0.1, 0.15) is 12.0 Å². The van der Waals surface area contributed by atoms with Crippen LogP contribution in [-0.2, 0) is 9.09 Å². The van der Waals surface area contributed by atoms with Gasteiger partial charge in [0.15, 0.2) is 11.4 Å². The Labute approximate surface area is 105 Å². The van der Waals surface area contributed by atoms with E-state index in [0.29, 0.717) is 6.61 Å². The second kappa shape index (κ2) is 7.65. The summed E-state index contributed by atoms with van der Waals surface area (Å²) >= 11 is 1.41. The molecule has 0 aromatic carbocycles. The Kier molecular flexibility index (Phi) is 7.83. The Morgan fingerprint density at radius 2 is 1.81 bits per heavy atom. The summed E-state index contributed by atoms with van der Waals surface area (Å²) in [6.45, 7) is 15.0. The van der Waals surface area contributed by atoms with Crippen LogP contribution in [0.4, 0.5) is 0 Å². The van der Waals surface area contributed by atoms with Gasteiger partial charge in [-0.2, -0.15) is 0 Å². The summed E-state index contributed by atoms with van der Waals surface area (Å²) in [4.78, 5) is 2.26. The number of nitrogens with zero attached hydrogens (tertiary/aromatic N) is 1. The van der Waals surface area contributed by atoms with Gasteiger partial charge in [-0.15, -0.1) is 4.52 Å². The van der Waals surface area contributed by atoms with Crippen molar-refractivity contribution < 1.29 is 9.09 Å². The van der Waals surface area contributed by atoms with E-state index >= 15 is 0 Å². The van der Waals surface area contributed by atoms with Crippen LogP contribution in [0.2, 0.25) is 0 Å². The molecule has 0 radical (unpaired) electrons. The predicted octanol–water partition coefficient (Wildman–Crippen LogP) is 4.13. The van der Waals surface area contributed by atoms with Crippen LogP contribution < -0.4 is 0 Å². The van der Waals surface area contributed by atoms with E-state index in [0.717, 1.165) is 13.1 Å². The molecule has 5 heteroatoms. The largest absolute Gasteiger partial charge is 0.587 e. The third kappa shape index (κ3) is 7.61. The summed E-state index contributed by atoms with van der Waals surface area (Å²) < 4.78 is 17.1. The molecule has 0 rings (SSSR count). The van der Waals surface area contributed by atoms with Crippen molar-refractivity contribution in [1.29, 1.82) is 0 Å². The lowest BCUT2D eigenvalue weighted by Crippen LogP contribution is -2.29. The first kappa shape index (κ1) is 16.4. The number of hydrogen-bond acceptors (Lipinski definition) is 4. The molecule has 0 aromatic heterocycles. The standard InChI is InChI=1S/C11H25NO2PS/c1-7-12(8-2)10(3)16-15(13)14-9-11(4,5)6/h10H,7-9H2,1-6H3/q+1. The molecular weight excluding hydrogens is 241 g/mol. The van der Waals surface area contributed by atoms with Crippen molar-refractivity contribution in [3.05, 3.63) is 0 Å². The van der Waals surface area contributed by atoms with Crippen molar-refractivity contribution >= 4 is 18.6 Å². The minimum Gasteiger partial charge on any atom is -0.289 e. The highest BCUT2D eigenvalue weighted by Gasteiger charge is 2.29. The van der Waals surface area contributed by atoms with Crippen LogP contribution in [-0.4, -0.2) is 30.0 Å². The average molecular weight is 266 g/mol. The van der Waals surface area contributed by atoms with E-state index in [-0.39, 0.29) is 10.8 Å². The maximum atomic E-state index is 11.7. The zero-order chi connectivity index (χ0) is 12.8. The van der Waals surface area contributed by atoms with Gasteiger partial charge in [-0.3, -0.25) is 4.90 Å². The second-order valence-electron chi connectivity index (χ2n) is 4.98. The van der Waals surface area contributed by atoms with Crippen LogP contribution in [0.25, 0.3) is 0 Å². The van der Waals surface area contributed by atoms with Gasteiger partial charge in [0.25, 0.3) is 0 Å². The van der Waals surface area contributed by atoms with E-state index in [1.165, 1.54) is 11.4 Å². The molecule has 96 valence electrons. The molecule has 0 saturated heterocycles. The molecule has 0 aromatic rings. The minimum absolute atomic E-state index is 0.0734. The maximum Gasteiger partial charge on any atom is 0.587 e. The van der Waals surface area contributed by atoms with Crippen LogP contribution in [0.3, 0.4) is 0 Å². The van der Waals surface area contributed by atoms with Gasteiger partial charge in [-0.25, -0.2) is 0 Å². The zero-order valence-electron chi connectivity index (χ0n) is 11.3. The van der Waals surface area contributed by atoms with Crippen LogP contribution in [0.5, 0.6) is 0 Å². The van der Waals surface area contributed by atoms with Crippen molar-refractivity contribution in [2.75, 3.05) is 19.7 Å². The number of rotatable bonds is 7. The van der Waals surface area contributed by atoms with Crippen molar-refractivity contribution in [3.8, 4) is 0 Å². The van der Waals surface area contributed by atoms with E-state index in [1.807, 2.05) is 0 Å². The van der Waals surface area contributed by atoms with Crippen LogP contribution >= 0.6 is 18.6 Å². The maximum absolute atomic E-state index is 11.7. The molecule has 2 unspecified atom stereocenters. The monoisotopic (exact) mass is 266 g/mol. The lowest BCUT2D eigenvalue weighted by atomic mass is 9.99. The predicted molar refractivity (Wildman–Crippen MR) is 73.0 cm³/mol. The molecule has 0 fully saturated rings. The quantitative estimate of drug-likeness (QED) is 0.512. The molecule has 0 amide bonds. The Hall–Kier alpha value is 0.370. The van der Waals surface area contributed by atoms with Gasteiger partial charge >= 0.3 is 7.23 Å². The normalized spacial score (nSPS) is 15.3. The molecule has 0 heterocycles. The summed E-state index contributed by atoms with van der Waals surface area (Å²) in [5.41, 5.74) is 0.0734. The molecule has 0 spiro atoms. The summed E-state index contributed by atoms with van der Waals surface area (Å²) in [5, 5.41) is 0.249. The third-order valence-electron chi connectivity index (χ3n) is 2.17. The molecule has 0 aliphatic heterocycles. The first-order valence-electron chi connectivity index (χ1n) is 5.81. The highest BCUT2D eigenvalue weighted by atomic mass is 32.7. The summed E-state index contributed by atoms with van der Waals surface area (Å²) in [7, 11) is -1.60. The highest BCUT2D eigenvalue weighted by molar-refractivity contribution is 8.50. The second-order valence-corrected chi connectivity index (χ2v) is 8.11. The Balaban J connectivity index is 3.95. The van der Waals surface area contributed by atoms with E-state index < -0.39 is 7.23 Å². The van der Waals surface area contributed by atoms with Crippen molar-refractivity contribution in [1.82, 2.24) is 4.90 Å². The van der Waals surface area contributed by atoms with Gasteiger partial charge in [-0.1, -0.05) is 34.6 Å². The molecule has 0 N–H and O–H groups in total. The Morgan fingerprint density at radius 3 is 2.19 bits per heavy atom. The fourth-order valence-electron chi connectivity index (χ4n) is 1.21. The van der Waals surface area contributed by atoms with Gasteiger partial charge in [0.05, 0.1) is 0 Å². The highest BCUT2D eigenvalue weighted by Crippen LogP contribution is 2.43. The van der Waals surface area contributed by atoms with Gasteiger partial charge in [0.2, 0.25) is 0 Å². The van der Waals surface area contributed by atoms with E-state index in [2.05, 4.69) is 46.4 Å². The van der Waals surface area contributed by atoms with Crippen LogP contribution in [0, 0.1) is 5.41 Å². The molecule has 3 nitrogen and oxygen atoms in total. The van der Waals surface area contributed by atoms with Crippen LogP contribution in [0.15, 0.2) is 0 Å². The molecule has 2 atom stereocenters. The zero-order valence-corrected chi connectivity index (χ0v) is 13.0. The smallest absolute Gasteiger partial charge is 0.289 e. The summed E-state index contributed by atoms with van der Waals surface area (Å²) in [5.74, 6) is 0. The lowest BCUT2D eigenvalue weighted by molar-refractivity contribution is 0.212. The fourth-order valence-corrected chi connectivity index (χ4v) is 3.93. The van der Waals surface area contributed by atoms with E-state index in [9.17, 15) is 4.57 Å². The molecule has 0 aliphatic carbocycles. The van der Waals surface area contributed by atoms with Crippen LogP contribution in [0.1, 0.15) is 41.5 Å². The summed E-state index contributed by atoms with van der Waals surface area (Å²) in [6, 6.07) is 0. The SMILES string of the molecule is CCN(CC)C(C)S[P+](=O)OCC(C)(C)C. The van der Waals surface area contributed by atoms with Gasteiger partial charge in [-0.05, 0) is 30.0 Å². The van der Waals surface area contributed by atoms with Crippen molar-refractivity contribution in [2.24, 2.45) is 5.41 Å². The van der Waals surface area contributed by atoms with E-state index in [4.69, 9.17) is 4.52 Å². The first-order chi connectivity index (χ1) is 7.30. The minimum atomic E-state index is -1.60. The average Bonchev–Trinajstić information content (AvgIpc) is 2.15. The van der Waals surface area contributed by atoms with E-state index in [1.54, 1.807) is 0 Å².